The molecule has 86 valence electrons. The normalized spacial score (nSPS) is 10.6. The third-order valence-corrected chi connectivity index (χ3v) is 2.26. The first-order valence-corrected chi connectivity index (χ1v) is 5.29. The SMILES string of the molecule is COc1ccc(N=NCc2ccncc2)cc1. The average molecular weight is 227 g/mol. The van der Waals surface area contributed by atoms with Gasteiger partial charge < -0.3 is 4.74 Å². The first-order valence-electron chi connectivity index (χ1n) is 5.29. The molecule has 0 fully saturated rings. The molecule has 0 bridgehead atoms. The molecule has 2 aromatic rings. The van der Waals surface area contributed by atoms with Gasteiger partial charge in [0.15, 0.2) is 0 Å². The van der Waals surface area contributed by atoms with Gasteiger partial charge >= 0.3 is 0 Å². The molecule has 1 aromatic heterocycles. The van der Waals surface area contributed by atoms with Gasteiger partial charge in [0.2, 0.25) is 0 Å². The number of hydrogen-bond acceptors (Lipinski definition) is 4. The second kappa shape index (κ2) is 5.75. The van der Waals surface area contributed by atoms with Gasteiger partial charge in [-0.2, -0.15) is 10.2 Å². The number of rotatable bonds is 4. The molecule has 4 nitrogen and oxygen atoms in total. The van der Waals surface area contributed by atoms with Crippen LogP contribution in [0.5, 0.6) is 5.75 Å². The van der Waals surface area contributed by atoms with E-state index in [0.717, 1.165) is 17.0 Å². The summed E-state index contributed by atoms with van der Waals surface area (Å²) in [7, 11) is 1.64. The lowest BCUT2D eigenvalue weighted by atomic mass is 10.3. The van der Waals surface area contributed by atoms with Crippen LogP contribution >= 0.6 is 0 Å². The number of benzene rings is 1. The van der Waals surface area contributed by atoms with Gasteiger partial charge in [0.1, 0.15) is 5.75 Å². The molecule has 2 rings (SSSR count). The number of hydrogen-bond donors (Lipinski definition) is 0. The third-order valence-electron chi connectivity index (χ3n) is 2.26. The zero-order chi connectivity index (χ0) is 11.9. The van der Waals surface area contributed by atoms with E-state index >= 15 is 0 Å². The predicted octanol–water partition coefficient (Wildman–Crippen LogP) is 3.37. The summed E-state index contributed by atoms with van der Waals surface area (Å²) in [6.45, 7) is 0.564. The summed E-state index contributed by atoms with van der Waals surface area (Å²) in [6, 6.07) is 11.3. The van der Waals surface area contributed by atoms with E-state index in [1.54, 1.807) is 19.5 Å². The van der Waals surface area contributed by atoms with Crippen LogP contribution in [0.4, 0.5) is 5.69 Å². The monoisotopic (exact) mass is 227 g/mol. The summed E-state index contributed by atoms with van der Waals surface area (Å²) in [4.78, 5) is 3.94. The lowest BCUT2D eigenvalue weighted by Gasteiger charge is -1.98. The van der Waals surface area contributed by atoms with Gasteiger partial charge in [-0.25, -0.2) is 0 Å². The molecule has 4 heteroatoms. The van der Waals surface area contributed by atoms with Crippen molar-refractivity contribution in [1.29, 1.82) is 0 Å². The molecule has 1 aromatic carbocycles. The molecule has 0 aliphatic rings. The highest BCUT2D eigenvalue weighted by Crippen LogP contribution is 2.18. The maximum atomic E-state index is 5.06. The van der Waals surface area contributed by atoms with Crippen LogP contribution in [0.2, 0.25) is 0 Å². The molecule has 0 aliphatic heterocycles. The van der Waals surface area contributed by atoms with Crippen molar-refractivity contribution in [3.63, 3.8) is 0 Å². The van der Waals surface area contributed by atoms with Crippen molar-refractivity contribution >= 4 is 5.69 Å². The zero-order valence-corrected chi connectivity index (χ0v) is 9.58. The summed E-state index contributed by atoms with van der Waals surface area (Å²) < 4.78 is 5.06. The molecule has 0 radical (unpaired) electrons. The third kappa shape index (κ3) is 3.38. The summed E-state index contributed by atoms with van der Waals surface area (Å²) in [5.74, 6) is 0.818. The lowest BCUT2D eigenvalue weighted by molar-refractivity contribution is 0.415. The Morgan fingerprint density at radius 1 is 1.06 bits per heavy atom. The first-order chi connectivity index (χ1) is 8.38. The van der Waals surface area contributed by atoms with Crippen LogP contribution in [0.25, 0.3) is 0 Å². The van der Waals surface area contributed by atoms with Crippen molar-refractivity contribution in [1.82, 2.24) is 4.98 Å². The van der Waals surface area contributed by atoms with Crippen LogP contribution in [0.3, 0.4) is 0 Å². The lowest BCUT2D eigenvalue weighted by Crippen LogP contribution is -1.81. The van der Waals surface area contributed by atoms with Crippen molar-refractivity contribution < 1.29 is 4.74 Å². The smallest absolute Gasteiger partial charge is 0.119 e. The number of ether oxygens (including phenoxy) is 1. The van der Waals surface area contributed by atoms with Crippen LogP contribution < -0.4 is 4.74 Å². The minimum absolute atomic E-state index is 0.564. The Hall–Kier alpha value is -2.23. The summed E-state index contributed by atoms with van der Waals surface area (Å²) in [5, 5.41) is 8.25. The Balaban J connectivity index is 1.96. The van der Waals surface area contributed by atoms with E-state index in [-0.39, 0.29) is 0 Å². The molecular formula is C13H13N3O. The highest BCUT2D eigenvalue weighted by Gasteiger charge is 1.92. The van der Waals surface area contributed by atoms with Crippen molar-refractivity contribution in [2.24, 2.45) is 10.2 Å². The number of nitrogens with zero attached hydrogens (tertiary/aromatic N) is 3. The Morgan fingerprint density at radius 3 is 2.41 bits per heavy atom. The molecule has 0 saturated carbocycles. The quantitative estimate of drug-likeness (QED) is 0.752. The fourth-order valence-electron chi connectivity index (χ4n) is 1.34. The molecule has 0 unspecified atom stereocenters. The maximum Gasteiger partial charge on any atom is 0.119 e. The fraction of sp³-hybridized carbons (Fsp3) is 0.154. The van der Waals surface area contributed by atoms with Crippen LogP contribution in [0.15, 0.2) is 59.0 Å². The van der Waals surface area contributed by atoms with Crippen LogP contribution in [0.1, 0.15) is 5.56 Å². The topological polar surface area (TPSA) is 46.8 Å². The molecule has 0 aliphatic carbocycles. The van der Waals surface area contributed by atoms with Gasteiger partial charge in [-0.3, -0.25) is 4.98 Å². The van der Waals surface area contributed by atoms with Crippen molar-refractivity contribution in [2.45, 2.75) is 6.54 Å². The Bertz CT molecular complexity index is 480. The number of aromatic nitrogens is 1. The van der Waals surface area contributed by atoms with Gasteiger partial charge in [0.25, 0.3) is 0 Å². The number of methoxy groups -OCH3 is 1. The van der Waals surface area contributed by atoms with E-state index in [1.165, 1.54) is 0 Å². The van der Waals surface area contributed by atoms with Gasteiger partial charge in [0, 0.05) is 12.4 Å². The average Bonchev–Trinajstić information content (AvgIpc) is 2.41. The summed E-state index contributed by atoms with van der Waals surface area (Å²) in [6.07, 6.45) is 3.50. The molecule has 0 spiro atoms. The van der Waals surface area contributed by atoms with Gasteiger partial charge in [0.05, 0.1) is 19.3 Å². The number of azo groups is 1. The van der Waals surface area contributed by atoms with Crippen LogP contribution in [0, 0.1) is 0 Å². The van der Waals surface area contributed by atoms with Gasteiger partial charge in [-0.1, -0.05) is 0 Å². The highest BCUT2D eigenvalue weighted by atomic mass is 16.5. The highest BCUT2D eigenvalue weighted by molar-refractivity contribution is 5.40. The van der Waals surface area contributed by atoms with E-state index in [4.69, 9.17) is 4.74 Å². The zero-order valence-electron chi connectivity index (χ0n) is 9.58. The summed E-state index contributed by atoms with van der Waals surface area (Å²) in [5.41, 5.74) is 1.91. The Labute approximate surface area is 100.0 Å². The molecule has 0 N–H and O–H groups in total. The van der Waals surface area contributed by atoms with E-state index in [1.807, 2.05) is 36.4 Å². The Morgan fingerprint density at radius 2 is 1.76 bits per heavy atom. The molecule has 1 heterocycles. The fourth-order valence-corrected chi connectivity index (χ4v) is 1.34. The second-order valence-electron chi connectivity index (χ2n) is 3.45. The molecule has 0 amide bonds. The first kappa shape index (κ1) is 11.3. The Kier molecular flexibility index (Phi) is 3.81. The van der Waals surface area contributed by atoms with Crippen LogP contribution in [-0.2, 0) is 6.54 Å². The van der Waals surface area contributed by atoms with Crippen LogP contribution in [-0.4, -0.2) is 12.1 Å². The molecule has 0 atom stereocenters. The molecule has 0 saturated heterocycles. The van der Waals surface area contributed by atoms with E-state index in [0.29, 0.717) is 6.54 Å². The van der Waals surface area contributed by atoms with Gasteiger partial charge in [-0.15, -0.1) is 0 Å². The van der Waals surface area contributed by atoms with Crippen molar-refractivity contribution in [3.05, 3.63) is 54.4 Å². The summed E-state index contributed by atoms with van der Waals surface area (Å²) >= 11 is 0. The van der Waals surface area contributed by atoms with Crippen molar-refractivity contribution in [3.8, 4) is 5.75 Å². The predicted molar refractivity (Wildman–Crippen MR) is 65.5 cm³/mol. The van der Waals surface area contributed by atoms with Gasteiger partial charge in [-0.05, 0) is 42.0 Å². The largest absolute Gasteiger partial charge is 0.497 e. The van der Waals surface area contributed by atoms with E-state index < -0.39 is 0 Å². The van der Waals surface area contributed by atoms with E-state index in [9.17, 15) is 0 Å². The minimum atomic E-state index is 0.564. The maximum absolute atomic E-state index is 5.06. The minimum Gasteiger partial charge on any atom is -0.497 e. The molecular weight excluding hydrogens is 214 g/mol. The van der Waals surface area contributed by atoms with Crippen molar-refractivity contribution in [2.75, 3.05) is 7.11 Å². The van der Waals surface area contributed by atoms with E-state index in [2.05, 4.69) is 15.2 Å². The number of pyridine rings is 1. The second-order valence-corrected chi connectivity index (χ2v) is 3.45. The molecule has 17 heavy (non-hydrogen) atoms. The standard InChI is InChI=1S/C13H13N3O/c1-17-13-4-2-12(3-5-13)16-15-10-11-6-8-14-9-7-11/h2-9H,10H2,1H3.